The van der Waals surface area contributed by atoms with Crippen LogP contribution >= 0.6 is 0 Å². The summed E-state index contributed by atoms with van der Waals surface area (Å²) in [5.41, 5.74) is 0.952. The summed E-state index contributed by atoms with van der Waals surface area (Å²) in [6, 6.07) is 0.0220. The highest BCUT2D eigenvalue weighted by atomic mass is 16.5. The molecule has 2 amide bonds. The average molecular weight is 333 g/mol. The zero-order valence-electron chi connectivity index (χ0n) is 13.8. The van der Waals surface area contributed by atoms with Gasteiger partial charge in [0.1, 0.15) is 0 Å². The minimum absolute atomic E-state index is 0.0220. The van der Waals surface area contributed by atoms with Crippen molar-refractivity contribution in [1.29, 1.82) is 0 Å². The molecule has 0 N–H and O–H groups in total. The molecule has 3 aliphatic rings. The van der Waals surface area contributed by atoms with E-state index in [0.717, 1.165) is 31.4 Å². The monoisotopic (exact) mass is 333 g/mol. The number of amides is 2. The second kappa shape index (κ2) is 6.51. The Balaban J connectivity index is 1.42. The fourth-order valence-electron chi connectivity index (χ4n) is 3.87. The van der Waals surface area contributed by atoms with Gasteiger partial charge in [-0.25, -0.2) is 4.68 Å². The van der Waals surface area contributed by atoms with E-state index in [2.05, 4.69) is 10.3 Å². The topological polar surface area (TPSA) is 80.6 Å². The third-order valence-corrected chi connectivity index (χ3v) is 5.28. The number of rotatable bonds is 2. The molecule has 130 valence electrons. The molecule has 1 aromatic rings. The first-order valence-corrected chi connectivity index (χ1v) is 8.78. The van der Waals surface area contributed by atoms with Crippen LogP contribution in [-0.4, -0.2) is 68.9 Å². The lowest BCUT2D eigenvalue weighted by atomic mass is 10.0. The Morgan fingerprint density at radius 1 is 1.29 bits per heavy atom. The molecule has 8 nitrogen and oxygen atoms in total. The normalized spacial score (nSPS) is 27.4. The van der Waals surface area contributed by atoms with E-state index in [1.54, 1.807) is 11.1 Å². The van der Waals surface area contributed by atoms with Gasteiger partial charge >= 0.3 is 0 Å². The molecule has 0 unspecified atom stereocenters. The molecule has 0 aliphatic carbocycles. The molecule has 0 spiro atoms. The lowest BCUT2D eigenvalue weighted by molar-refractivity contribution is -0.144. The lowest BCUT2D eigenvalue weighted by Gasteiger charge is -2.41. The van der Waals surface area contributed by atoms with Crippen molar-refractivity contribution in [3.05, 3.63) is 11.9 Å². The standard InChI is InChI=1S/C16H23N5O3/c22-15-4-2-1-3-6-19(15)10-16(23)20-7-5-14-13(9-20)21-12(11-24-14)8-17-18-21/h8,13-14H,1-7,9-11H2/t13-,14+/m1/s1. The molecular formula is C16H23N5O3. The number of aromatic nitrogens is 3. The van der Waals surface area contributed by atoms with E-state index in [9.17, 15) is 9.59 Å². The van der Waals surface area contributed by atoms with Crippen LogP contribution in [-0.2, 0) is 20.9 Å². The first-order chi connectivity index (χ1) is 11.7. The van der Waals surface area contributed by atoms with Gasteiger partial charge in [-0.3, -0.25) is 9.59 Å². The van der Waals surface area contributed by atoms with Crippen molar-refractivity contribution >= 4 is 11.8 Å². The van der Waals surface area contributed by atoms with Crippen molar-refractivity contribution in [3.8, 4) is 0 Å². The second-order valence-electron chi connectivity index (χ2n) is 6.84. The number of nitrogens with zero attached hydrogens (tertiary/aromatic N) is 5. The summed E-state index contributed by atoms with van der Waals surface area (Å²) in [5.74, 6) is 0.131. The van der Waals surface area contributed by atoms with E-state index in [-0.39, 0.29) is 30.5 Å². The van der Waals surface area contributed by atoms with Crippen LogP contribution in [0.15, 0.2) is 6.20 Å². The highest BCUT2D eigenvalue weighted by molar-refractivity contribution is 5.85. The summed E-state index contributed by atoms with van der Waals surface area (Å²) >= 11 is 0. The molecule has 3 aliphatic heterocycles. The summed E-state index contributed by atoms with van der Waals surface area (Å²) in [7, 11) is 0. The van der Waals surface area contributed by atoms with Crippen molar-refractivity contribution < 1.29 is 14.3 Å². The Hall–Kier alpha value is -1.96. The van der Waals surface area contributed by atoms with Crippen molar-refractivity contribution in [3.63, 3.8) is 0 Å². The van der Waals surface area contributed by atoms with E-state index in [4.69, 9.17) is 4.74 Å². The first-order valence-electron chi connectivity index (χ1n) is 8.78. The Morgan fingerprint density at radius 3 is 3.12 bits per heavy atom. The third kappa shape index (κ3) is 2.90. The average Bonchev–Trinajstić information content (AvgIpc) is 3.00. The Morgan fingerprint density at radius 2 is 2.21 bits per heavy atom. The molecular weight excluding hydrogens is 310 g/mol. The summed E-state index contributed by atoms with van der Waals surface area (Å²) in [6.07, 6.45) is 6.15. The number of fused-ring (bicyclic) bond motifs is 3. The van der Waals surface area contributed by atoms with Gasteiger partial charge in [-0.15, -0.1) is 5.10 Å². The zero-order chi connectivity index (χ0) is 16.5. The molecule has 0 radical (unpaired) electrons. The molecule has 8 heteroatoms. The predicted molar refractivity (Wildman–Crippen MR) is 83.9 cm³/mol. The van der Waals surface area contributed by atoms with Crippen molar-refractivity contribution in [2.75, 3.05) is 26.2 Å². The molecule has 0 aromatic carbocycles. The fourth-order valence-corrected chi connectivity index (χ4v) is 3.87. The zero-order valence-corrected chi connectivity index (χ0v) is 13.8. The van der Waals surface area contributed by atoms with Gasteiger partial charge in [-0.1, -0.05) is 11.6 Å². The maximum atomic E-state index is 12.7. The van der Waals surface area contributed by atoms with Gasteiger partial charge in [0.05, 0.1) is 37.2 Å². The molecule has 2 saturated heterocycles. The minimum Gasteiger partial charge on any atom is -0.370 e. The van der Waals surface area contributed by atoms with E-state index in [1.807, 2.05) is 9.58 Å². The number of hydrogen-bond donors (Lipinski definition) is 0. The van der Waals surface area contributed by atoms with Crippen molar-refractivity contribution in [1.82, 2.24) is 24.8 Å². The van der Waals surface area contributed by atoms with E-state index >= 15 is 0 Å². The van der Waals surface area contributed by atoms with Gasteiger partial charge < -0.3 is 14.5 Å². The summed E-state index contributed by atoms with van der Waals surface area (Å²) < 4.78 is 7.77. The van der Waals surface area contributed by atoms with Gasteiger partial charge in [0.15, 0.2) is 0 Å². The maximum absolute atomic E-state index is 12.7. The molecule has 4 heterocycles. The molecule has 2 fully saturated rings. The highest BCUT2D eigenvalue weighted by Gasteiger charge is 2.38. The molecule has 0 saturated carbocycles. The molecule has 1 aromatic heterocycles. The smallest absolute Gasteiger partial charge is 0.242 e. The number of hydrogen-bond acceptors (Lipinski definition) is 5. The van der Waals surface area contributed by atoms with E-state index < -0.39 is 0 Å². The SMILES string of the molecule is O=C1CCCCCN1CC(=O)N1CC[C@@H]2OCc3cnnn3[C@@H]2C1. The van der Waals surface area contributed by atoms with Gasteiger partial charge in [0.25, 0.3) is 0 Å². The van der Waals surface area contributed by atoms with Crippen LogP contribution in [0.2, 0.25) is 0 Å². The number of carbonyl (C=O) groups is 2. The van der Waals surface area contributed by atoms with Crippen LogP contribution in [0.25, 0.3) is 0 Å². The Labute approximate surface area is 140 Å². The van der Waals surface area contributed by atoms with Crippen molar-refractivity contribution in [2.24, 2.45) is 0 Å². The van der Waals surface area contributed by atoms with Gasteiger partial charge in [0, 0.05) is 26.1 Å². The summed E-state index contributed by atoms with van der Waals surface area (Å²) in [6.45, 7) is 2.67. The maximum Gasteiger partial charge on any atom is 0.242 e. The third-order valence-electron chi connectivity index (χ3n) is 5.28. The number of carbonyl (C=O) groups excluding carboxylic acids is 2. The van der Waals surface area contributed by atoms with Gasteiger partial charge in [-0.05, 0) is 19.3 Å². The number of piperidine rings is 1. The quantitative estimate of drug-likeness (QED) is 0.780. The van der Waals surface area contributed by atoms with Crippen LogP contribution in [0, 0.1) is 0 Å². The molecule has 4 rings (SSSR count). The van der Waals surface area contributed by atoms with E-state index in [0.29, 0.717) is 32.7 Å². The van der Waals surface area contributed by atoms with Crippen LogP contribution in [0.5, 0.6) is 0 Å². The molecule has 24 heavy (non-hydrogen) atoms. The van der Waals surface area contributed by atoms with Crippen LogP contribution in [0.1, 0.15) is 43.8 Å². The largest absolute Gasteiger partial charge is 0.370 e. The van der Waals surface area contributed by atoms with Crippen LogP contribution in [0.4, 0.5) is 0 Å². The minimum atomic E-state index is 0.0220. The second-order valence-corrected chi connectivity index (χ2v) is 6.84. The summed E-state index contributed by atoms with van der Waals surface area (Å²) in [4.78, 5) is 28.4. The van der Waals surface area contributed by atoms with Crippen LogP contribution < -0.4 is 0 Å². The molecule has 2 atom stereocenters. The lowest BCUT2D eigenvalue weighted by Crippen LogP contribution is -2.52. The first kappa shape index (κ1) is 15.6. The Bertz CT molecular complexity index is 631. The van der Waals surface area contributed by atoms with E-state index in [1.165, 1.54) is 0 Å². The van der Waals surface area contributed by atoms with Crippen molar-refractivity contribution in [2.45, 2.75) is 50.9 Å². The fraction of sp³-hybridized carbons (Fsp3) is 0.750. The number of ether oxygens (including phenoxy) is 1. The molecule has 0 bridgehead atoms. The van der Waals surface area contributed by atoms with Crippen LogP contribution in [0.3, 0.4) is 0 Å². The predicted octanol–water partition coefficient (Wildman–Crippen LogP) is 0.353. The Kier molecular flexibility index (Phi) is 4.22. The van der Waals surface area contributed by atoms with Gasteiger partial charge in [-0.2, -0.15) is 0 Å². The number of likely N-dealkylation sites (tertiary alicyclic amines) is 2. The highest BCUT2D eigenvalue weighted by Crippen LogP contribution is 2.30. The van der Waals surface area contributed by atoms with Gasteiger partial charge in [0.2, 0.25) is 11.8 Å². The summed E-state index contributed by atoms with van der Waals surface area (Å²) in [5, 5.41) is 8.11.